The third-order valence-electron chi connectivity index (χ3n) is 3.21. The van der Waals surface area contributed by atoms with Crippen LogP contribution < -0.4 is 5.32 Å². The van der Waals surface area contributed by atoms with Gasteiger partial charge < -0.3 is 10.1 Å². The molecule has 1 N–H and O–H groups in total. The van der Waals surface area contributed by atoms with E-state index in [1.54, 1.807) is 12.1 Å². The summed E-state index contributed by atoms with van der Waals surface area (Å²) in [5.41, 5.74) is 2.78. The normalized spacial score (nSPS) is 11.8. The maximum absolute atomic E-state index is 12.5. The van der Waals surface area contributed by atoms with Crippen LogP contribution in [0.5, 0.6) is 0 Å². The van der Waals surface area contributed by atoms with E-state index in [1.165, 1.54) is 7.11 Å². The number of ether oxygens (including phenoxy) is 1. The molecule has 0 aliphatic heterocycles. The van der Waals surface area contributed by atoms with Gasteiger partial charge in [-0.05, 0) is 31.0 Å². The number of nitrogens with one attached hydrogen (secondary N) is 1. The Labute approximate surface area is 119 Å². The zero-order valence-corrected chi connectivity index (χ0v) is 12.2. The minimum atomic E-state index is -0.595. The Morgan fingerprint density at radius 1 is 1.35 bits per heavy atom. The first kappa shape index (κ1) is 16.1. The number of hydrogen-bond acceptors (Lipinski definition) is 4. The summed E-state index contributed by atoms with van der Waals surface area (Å²) in [6.45, 7) is 8.00. The highest BCUT2D eigenvalue weighted by molar-refractivity contribution is 6.02. The van der Waals surface area contributed by atoms with E-state index in [0.29, 0.717) is 12.1 Å². The van der Waals surface area contributed by atoms with Crippen LogP contribution in [0.3, 0.4) is 0 Å². The standard InChI is InChI=1S/C16H21NO3/c1-5-8-17-14(10-15(18)20-4)16(19)13-7-6-11(2)12(3)9-13/h5-7,9,14,17H,1,8,10H2,2-4H3. The van der Waals surface area contributed by atoms with Crippen molar-refractivity contribution in [1.82, 2.24) is 5.32 Å². The molecule has 1 atom stereocenters. The maximum atomic E-state index is 12.5. The summed E-state index contributed by atoms with van der Waals surface area (Å²) in [7, 11) is 1.31. The van der Waals surface area contributed by atoms with E-state index in [-0.39, 0.29) is 12.2 Å². The predicted octanol–water partition coefficient (Wildman–Crippen LogP) is 2.19. The number of ketones is 1. The van der Waals surface area contributed by atoms with Crippen LogP contribution in [0.25, 0.3) is 0 Å². The van der Waals surface area contributed by atoms with Gasteiger partial charge in [-0.3, -0.25) is 9.59 Å². The second-order valence-electron chi connectivity index (χ2n) is 4.69. The van der Waals surface area contributed by atoms with Crippen LogP contribution in [0.2, 0.25) is 0 Å². The number of esters is 1. The third-order valence-corrected chi connectivity index (χ3v) is 3.21. The molecule has 20 heavy (non-hydrogen) atoms. The van der Waals surface area contributed by atoms with Crippen LogP contribution in [0, 0.1) is 13.8 Å². The molecule has 1 unspecified atom stereocenters. The number of carbonyl (C=O) groups is 2. The first-order valence-corrected chi connectivity index (χ1v) is 6.52. The lowest BCUT2D eigenvalue weighted by Gasteiger charge is -2.16. The van der Waals surface area contributed by atoms with Gasteiger partial charge in [0.05, 0.1) is 19.6 Å². The Morgan fingerprint density at radius 2 is 2.05 bits per heavy atom. The van der Waals surface area contributed by atoms with Crippen molar-refractivity contribution < 1.29 is 14.3 Å². The molecular formula is C16H21NO3. The fourth-order valence-corrected chi connectivity index (χ4v) is 1.83. The summed E-state index contributed by atoms with van der Waals surface area (Å²) in [6.07, 6.45) is 1.66. The molecule has 0 saturated heterocycles. The van der Waals surface area contributed by atoms with Crippen molar-refractivity contribution in [2.75, 3.05) is 13.7 Å². The van der Waals surface area contributed by atoms with Crippen LogP contribution in [-0.2, 0) is 9.53 Å². The number of hydrogen-bond donors (Lipinski definition) is 1. The van der Waals surface area contributed by atoms with E-state index in [2.05, 4.69) is 16.6 Å². The predicted molar refractivity (Wildman–Crippen MR) is 78.9 cm³/mol. The minimum absolute atomic E-state index is 0.0100. The molecule has 1 rings (SSSR count). The number of rotatable bonds is 7. The maximum Gasteiger partial charge on any atom is 0.307 e. The van der Waals surface area contributed by atoms with Gasteiger partial charge in [0.25, 0.3) is 0 Å². The highest BCUT2D eigenvalue weighted by atomic mass is 16.5. The highest BCUT2D eigenvalue weighted by Crippen LogP contribution is 2.13. The van der Waals surface area contributed by atoms with E-state index in [0.717, 1.165) is 11.1 Å². The average Bonchev–Trinajstić information content (AvgIpc) is 2.45. The summed E-state index contributed by atoms with van der Waals surface area (Å²) >= 11 is 0. The number of carbonyl (C=O) groups excluding carboxylic acids is 2. The Morgan fingerprint density at radius 3 is 2.60 bits per heavy atom. The second-order valence-corrected chi connectivity index (χ2v) is 4.69. The van der Waals surface area contributed by atoms with Gasteiger partial charge in [-0.15, -0.1) is 6.58 Å². The van der Waals surface area contributed by atoms with Crippen molar-refractivity contribution >= 4 is 11.8 Å². The molecule has 0 aliphatic carbocycles. The Hall–Kier alpha value is -1.94. The third kappa shape index (κ3) is 4.31. The van der Waals surface area contributed by atoms with Crippen LogP contribution in [-0.4, -0.2) is 31.4 Å². The molecule has 0 heterocycles. The van der Waals surface area contributed by atoms with E-state index >= 15 is 0 Å². The summed E-state index contributed by atoms with van der Waals surface area (Å²) in [5.74, 6) is -0.524. The molecule has 1 aromatic carbocycles. The summed E-state index contributed by atoms with van der Waals surface area (Å²) in [6, 6.07) is 4.94. The first-order valence-electron chi connectivity index (χ1n) is 6.52. The van der Waals surface area contributed by atoms with Crippen LogP contribution in [0.15, 0.2) is 30.9 Å². The summed E-state index contributed by atoms with van der Waals surface area (Å²) in [5, 5.41) is 3.00. The molecule has 0 fully saturated rings. The van der Waals surface area contributed by atoms with E-state index < -0.39 is 12.0 Å². The highest BCUT2D eigenvalue weighted by Gasteiger charge is 2.23. The van der Waals surface area contributed by atoms with Gasteiger partial charge in [-0.25, -0.2) is 0 Å². The SMILES string of the molecule is C=CCNC(CC(=O)OC)C(=O)c1ccc(C)c(C)c1. The van der Waals surface area contributed by atoms with Gasteiger partial charge in [-0.2, -0.15) is 0 Å². The number of benzene rings is 1. The van der Waals surface area contributed by atoms with Crippen LogP contribution in [0.4, 0.5) is 0 Å². The molecule has 0 amide bonds. The molecular weight excluding hydrogens is 254 g/mol. The molecule has 1 aromatic rings. The monoisotopic (exact) mass is 275 g/mol. The molecule has 4 heteroatoms. The van der Waals surface area contributed by atoms with Crippen molar-refractivity contribution in [2.24, 2.45) is 0 Å². The second kappa shape index (κ2) is 7.60. The van der Waals surface area contributed by atoms with E-state index in [4.69, 9.17) is 0 Å². The average molecular weight is 275 g/mol. The van der Waals surface area contributed by atoms with Gasteiger partial charge in [0.1, 0.15) is 0 Å². The molecule has 0 radical (unpaired) electrons. The van der Waals surface area contributed by atoms with Gasteiger partial charge in [0, 0.05) is 12.1 Å². The molecule has 0 saturated carbocycles. The van der Waals surface area contributed by atoms with Crippen molar-refractivity contribution in [3.63, 3.8) is 0 Å². The molecule has 0 bridgehead atoms. The lowest BCUT2D eigenvalue weighted by atomic mass is 9.98. The lowest BCUT2D eigenvalue weighted by molar-refractivity contribution is -0.140. The Bertz CT molecular complexity index is 508. The van der Waals surface area contributed by atoms with Crippen molar-refractivity contribution in [3.05, 3.63) is 47.5 Å². The first-order chi connectivity index (χ1) is 9.49. The van der Waals surface area contributed by atoms with Crippen LogP contribution >= 0.6 is 0 Å². The Kier molecular flexibility index (Phi) is 6.12. The quantitative estimate of drug-likeness (QED) is 0.471. The van der Waals surface area contributed by atoms with Gasteiger partial charge in [-0.1, -0.05) is 18.2 Å². The molecule has 4 nitrogen and oxygen atoms in total. The molecule has 0 spiro atoms. The lowest BCUT2D eigenvalue weighted by Crippen LogP contribution is -2.39. The minimum Gasteiger partial charge on any atom is -0.469 e. The number of Topliss-reactive ketones (excluding diaryl/α,β-unsaturated/α-hetero) is 1. The topological polar surface area (TPSA) is 55.4 Å². The molecule has 0 aliphatic rings. The van der Waals surface area contributed by atoms with Crippen molar-refractivity contribution in [1.29, 1.82) is 0 Å². The van der Waals surface area contributed by atoms with Crippen LogP contribution in [0.1, 0.15) is 27.9 Å². The fraction of sp³-hybridized carbons (Fsp3) is 0.375. The summed E-state index contributed by atoms with van der Waals surface area (Å²) in [4.78, 5) is 23.9. The van der Waals surface area contributed by atoms with Gasteiger partial charge >= 0.3 is 5.97 Å². The molecule has 0 aromatic heterocycles. The number of methoxy groups -OCH3 is 1. The van der Waals surface area contributed by atoms with E-state index in [9.17, 15) is 9.59 Å². The zero-order chi connectivity index (χ0) is 15.1. The summed E-state index contributed by atoms with van der Waals surface area (Å²) < 4.78 is 4.63. The van der Waals surface area contributed by atoms with Gasteiger partial charge in [0.15, 0.2) is 5.78 Å². The zero-order valence-electron chi connectivity index (χ0n) is 12.2. The van der Waals surface area contributed by atoms with E-state index in [1.807, 2.05) is 26.0 Å². The fourth-order valence-electron chi connectivity index (χ4n) is 1.83. The molecule has 108 valence electrons. The largest absolute Gasteiger partial charge is 0.469 e. The number of aryl methyl sites for hydroxylation is 2. The van der Waals surface area contributed by atoms with Gasteiger partial charge in [0.2, 0.25) is 0 Å². The Balaban J connectivity index is 2.92. The smallest absolute Gasteiger partial charge is 0.307 e. The van der Waals surface area contributed by atoms with Crippen molar-refractivity contribution in [3.8, 4) is 0 Å². The van der Waals surface area contributed by atoms with Crippen molar-refractivity contribution in [2.45, 2.75) is 26.3 Å².